The van der Waals surface area contributed by atoms with Crippen molar-refractivity contribution < 1.29 is 14.6 Å². The smallest absolute Gasteiger partial charge is 0.346 e. The Morgan fingerprint density at radius 1 is 1.58 bits per heavy atom. The number of ether oxygens (including phenoxy) is 1. The Morgan fingerprint density at radius 2 is 2.32 bits per heavy atom. The lowest BCUT2D eigenvalue weighted by Gasteiger charge is -2.14. The van der Waals surface area contributed by atoms with Gasteiger partial charge >= 0.3 is 5.97 Å². The monoisotopic (exact) mass is 281 g/mol. The zero-order chi connectivity index (χ0) is 14.0. The van der Waals surface area contributed by atoms with E-state index in [-0.39, 0.29) is 6.04 Å². The van der Waals surface area contributed by atoms with Gasteiger partial charge < -0.3 is 15.2 Å². The fourth-order valence-corrected chi connectivity index (χ4v) is 2.90. The quantitative estimate of drug-likeness (QED) is 0.873. The third-order valence-electron chi connectivity index (χ3n) is 2.72. The number of aromatic nitrogens is 2. The number of hydrogen-bond acceptors (Lipinski definition) is 6. The summed E-state index contributed by atoms with van der Waals surface area (Å²) in [6.07, 6.45) is 1.44. The summed E-state index contributed by atoms with van der Waals surface area (Å²) in [4.78, 5) is 20.5. The highest BCUT2D eigenvalue weighted by Crippen LogP contribution is 2.33. The van der Waals surface area contributed by atoms with Gasteiger partial charge in [0.15, 0.2) is 0 Å². The standard InChI is InChI=1S/C12H15N3O3S/c1-6(4-18-3)15-10-8-7(2)9(12(16)17)19-11(8)14-5-13-10/h5-6H,4H2,1-3H3,(H,16,17)(H,13,14,15). The van der Waals surface area contributed by atoms with Crippen molar-refractivity contribution in [1.29, 1.82) is 0 Å². The van der Waals surface area contributed by atoms with Crippen molar-refractivity contribution in [3.8, 4) is 0 Å². The summed E-state index contributed by atoms with van der Waals surface area (Å²) in [6.45, 7) is 4.29. The number of nitrogens with one attached hydrogen (secondary N) is 1. The van der Waals surface area contributed by atoms with Crippen LogP contribution in [0.25, 0.3) is 10.2 Å². The highest BCUT2D eigenvalue weighted by atomic mass is 32.1. The van der Waals surface area contributed by atoms with Gasteiger partial charge in [0.2, 0.25) is 0 Å². The number of carboxylic acids is 1. The topological polar surface area (TPSA) is 84.3 Å². The first-order chi connectivity index (χ1) is 9.04. The molecule has 0 amide bonds. The van der Waals surface area contributed by atoms with Gasteiger partial charge in [-0.1, -0.05) is 0 Å². The van der Waals surface area contributed by atoms with E-state index in [4.69, 9.17) is 9.84 Å². The Kier molecular flexibility index (Phi) is 3.96. The van der Waals surface area contributed by atoms with E-state index in [2.05, 4.69) is 15.3 Å². The molecule has 2 rings (SSSR count). The molecule has 7 heteroatoms. The first kappa shape index (κ1) is 13.7. The van der Waals surface area contributed by atoms with E-state index in [1.54, 1.807) is 14.0 Å². The average molecular weight is 281 g/mol. The van der Waals surface area contributed by atoms with Crippen LogP contribution in [-0.4, -0.2) is 40.8 Å². The number of carbonyl (C=O) groups is 1. The highest BCUT2D eigenvalue weighted by molar-refractivity contribution is 7.20. The molecule has 2 aromatic rings. The summed E-state index contributed by atoms with van der Waals surface area (Å²) in [7, 11) is 1.63. The van der Waals surface area contributed by atoms with Gasteiger partial charge in [-0.15, -0.1) is 11.3 Å². The summed E-state index contributed by atoms with van der Waals surface area (Å²) < 4.78 is 5.06. The predicted molar refractivity (Wildman–Crippen MR) is 74.1 cm³/mol. The van der Waals surface area contributed by atoms with Gasteiger partial charge in [-0.2, -0.15) is 0 Å². The zero-order valence-electron chi connectivity index (χ0n) is 10.9. The second-order valence-corrected chi connectivity index (χ2v) is 5.26. The molecule has 0 aliphatic rings. The Bertz CT molecular complexity index is 612. The fraction of sp³-hybridized carbons (Fsp3) is 0.417. The molecule has 19 heavy (non-hydrogen) atoms. The molecule has 0 radical (unpaired) electrons. The van der Waals surface area contributed by atoms with Crippen LogP contribution in [0, 0.1) is 6.92 Å². The van der Waals surface area contributed by atoms with E-state index < -0.39 is 5.97 Å². The lowest BCUT2D eigenvalue weighted by Crippen LogP contribution is -2.21. The summed E-state index contributed by atoms with van der Waals surface area (Å²) in [5.41, 5.74) is 0.695. The van der Waals surface area contributed by atoms with Crippen LogP contribution in [0.4, 0.5) is 5.82 Å². The number of thiophene rings is 1. The van der Waals surface area contributed by atoms with Gasteiger partial charge in [0.1, 0.15) is 21.9 Å². The summed E-state index contributed by atoms with van der Waals surface area (Å²) in [5.74, 6) is -0.285. The molecule has 102 valence electrons. The van der Waals surface area contributed by atoms with Crippen molar-refractivity contribution in [2.75, 3.05) is 19.0 Å². The maximum absolute atomic E-state index is 11.1. The molecule has 0 fully saturated rings. The van der Waals surface area contributed by atoms with Crippen molar-refractivity contribution in [2.45, 2.75) is 19.9 Å². The van der Waals surface area contributed by atoms with Gasteiger partial charge in [0.25, 0.3) is 0 Å². The Labute approximate surface area is 114 Å². The average Bonchev–Trinajstić information content (AvgIpc) is 2.68. The molecule has 2 aromatic heterocycles. The van der Waals surface area contributed by atoms with E-state index in [1.807, 2.05) is 6.92 Å². The van der Waals surface area contributed by atoms with Crippen molar-refractivity contribution >= 4 is 33.3 Å². The zero-order valence-corrected chi connectivity index (χ0v) is 11.7. The first-order valence-electron chi connectivity index (χ1n) is 5.77. The second kappa shape index (κ2) is 5.50. The molecule has 0 saturated carbocycles. The first-order valence-corrected chi connectivity index (χ1v) is 6.59. The van der Waals surface area contributed by atoms with Crippen molar-refractivity contribution in [1.82, 2.24) is 9.97 Å². The number of carboxylic acid groups (broad SMARTS) is 1. The predicted octanol–water partition coefficient (Wildman–Crippen LogP) is 2.14. The van der Waals surface area contributed by atoms with E-state index in [1.165, 1.54) is 6.33 Å². The molecule has 0 aromatic carbocycles. The Balaban J connectivity index is 2.47. The molecule has 0 bridgehead atoms. The minimum absolute atomic E-state index is 0.0793. The van der Waals surface area contributed by atoms with Gasteiger partial charge in [-0.05, 0) is 19.4 Å². The third-order valence-corrected chi connectivity index (χ3v) is 3.91. The molecular formula is C12H15N3O3S. The maximum atomic E-state index is 11.1. The number of methoxy groups -OCH3 is 1. The van der Waals surface area contributed by atoms with Crippen LogP contribution in [0.1, 0.15) is 22.2 Å². The molecule has 2 heterocycles. The molecule has 2 N–H and O–H groups in total. The van der Waals surface area contributed by atoms with Crippen LogP contribution in [0.2, 0.25) is 0 Å². The Hall–Kier alpha value is -1.73. The molecule has 0 saturated heterocycles. The second-order valence-electron chi connectivity index (χ2n) is 4.26. The largest absolute Gasteiger partial charge is 0.477 e. The minimum Gasteiger partial charge on any atom is -0.477 e. The van der Waals surface area contributed by atoms with Crippen molar-refractivity contribution in [3.05, 3.63) is 16.8 Å². The van der Waals surface area contributed by atoms with Gasteiger partial charge in [-0.3, -0.25) is 0 Å². The molecule has 1 unspecified atom stereocenters. The number of aryl methyl sites for hydroxylation is 1. The van der Waals surface area contributed by atoms with E-state index in [9.17, 15) is 4.79 Å². The number of fused-ring (bicyclic) bond motifs is 1. The number of hydrogen-bond donors (Lipinski definition) is 2. The molecule has 6 nitrogen and oxygen atoms in total. The molecule has 0 aliphatic carbocycles. The van der Waals surface area contributed by atoms with E-state index >= 15 is 0 Å². The SMILES string of the molecule is COCC(C)Nc1ncnc2sc(C(=O)O)c(C)c12. The molecule has 0 aliphatic heterocycles. The van der Waals surface area contributed by atoms with Crippen LogP contribution in [-0.2, 0) is 4.74 Å². The molecular weight excluding hydrogens is 266 g/mol. The van der Waals surface area contributed by atoms with Crippen LogP contribution in [0.3, 0.4) is 0 Å². The minimum atomic E-state index is -0.934. The van der Waals surface area contributed by atoms with Crippen LogP contribution >= 0.6 is 11.3 Å². The molecule has 0 spiro atoms. The number of nitrogens with zero attached hydrogens (tertiary/aromatic N) is 2. The lowest BCUT2D eigenvalue weighted by atomic mass is 10.2. The molecule has 1 atom stereocenters. The summed E-state index contributed by atoms with van der Waals surface area (Å²) in [6, 6.07) is 0.0793. The van der Waals surface area contributed by atoms with Gasteiger partial charge in [-0.25, -0.2) is 14.8 Å². The van der Waals surface area contributed by atoms with Gasteiger partial charge in [0.05, 0.1) is 12.0 Å². The van der Waals surface area contributed by atoms with Crippen molar-refractivity contribution in [3.63, 3.8) is 0 Å². The summed E-state index contributed by atoms with van der Waals surface area (Å²) in [5, 5.41) is 13.1. The third kappa shape index (κ3) is 2.66. The van der Waals surface area contributed by atoms with Crippen LogP contribution < -0.4 is 5.32 Å². The number of anilines is 1. The highest BCUT2D eigenvalue weighted by Gasteiger charge is 2.19. The van der Waals surface area contributed by atoms with Crippen LogP contribution in [0.5, 0.6) is 0 Å². The fourth-order valence-electron chi connectivity index (χ4n) is 1.91. The normalized spacial score (nSPS) is 12.6. The Morgan fingerprint density at radius 3 is 2.95 bits per heavy atom. The van der Waals surface area contributed by atoms with E-state index in [0.29, 0.717) is 27.7 Å². The van der Waals surface area contributed by atoms with Gasteiger partial charge in [0, 0.05) is 13.2 Å². The van der Waals surface area contributed by atoms with Crippen LogP contribution in [0.15, 0.2) is 6.33 Å². The van der Waals surface area contributed by atoms with Crippen molar-refractivity contribution in [2.24, 2.45) is 0 Å². The lowest BCUT2D eigenvalue weighted by molar-refractivity contribution is 0.0701. The number of rotatable bonds is 5. The maximum Gasteiger partial charge on any atom is 0.346 e. The summed E-state index contributed by atoms with van der Waals surface area (Å²) >= 11 is 1.16. The van der Waals surface area contributed by atoms with E-state index in [0.717, 1.165) is 16.7 Å². The number of aromatic carboxylic acids is 1.